The van der Waals surface area contributed by atoms with Crippen molar-refractivity contribution in [3.63, 3.8) is 0 Å². The Morgan fingerprint density at radius 1 is 1.08 bits per heavy atom. The van der Waals surface area contributed by atoms with Gasteiger partial charge in [0.05, 0.1) is 11.5 Å². The molecule has 1 N–H and O–H groups in total. The Hall–Kier alpha value is -2.18. The lowest BCUT2D eigenvalue weighted by Crippen LogP contribution is -2.43. The van der Waals surface area contributed by atoms with Crippen LogP contribution in [0.4, 0.5) is 0 Å². The van der Waals surface area contributed by atoms with Crippen molar-refractivity contribution in [2.75, 3.05) is 6.61 Å². The van der Waals surface area contributed by atoms with Crippen molar-refractivity contribution < 1.29 is 17.9 Å². The minimum atomic E-state index is -3.82. The van der Waals surface area contributed by atoms with Crippen LogP contribution in [-0.4, -0.2) is 27.0 Å². The van der Waals surface area contributed by atoms with E-state index in [2.05, 4.69) is 4.72 Å². The molecular weight excluding hydrogens is 350 g/mol. The minimum absolute atomic E-state index is 0.127. The molecule has 0 aromatic heterocycles. The molecule has 140 valence electrons. The highest BCUT2D eigenvalue weighted by atomic mass is 32.2. The van der Waals surface area contributed by atoms with Crippen molar-refractivity contribution in [2.24, 2.45) is 0 Å². The van der Waals surface area contributed by atoms with Crippen LogP contribution < -0.4 is 4.72 Å². The van der Waals surface area contributed by atoms with Gasteiger partial charge in [-0.1, -0.05) is 61.4 Å². The van der Waals surface area contributed by atoms with E-state index in [0.717, 1.165) is 24.0 Å². The fourth-order valence-electron chi connectivity index (χ4n) is 2.41. The van der Waals surface area contributed by atoms with E-state index < -0.39 is 22.0 Å². The van der Waals surface area contributed by atoms with Gasteiger partial charge in [-0.2, -0.15) is 4.72 Å². The number of carbonyl (C=O) groups is 1. The van der Waals surface area contributed by atoms with Gasteiger partial charge in [-0.05, 0) is 37.5 Å². The third-order valence-corrected chi connectivity index (χ3v) is 5.43. The van der Waals surface area contributed by atoms with Gasteiger partial charge in [0.1, 0.15) is 6.04 Å². The van der Waals surface area contributed by atoms with Gasteiger partial charge in [0, 0.05) is 0 Å². The fourth-order valence-corrected chi connectivity index (χ4v) is 3.60. The molecule has 0 saturated heterocycles. The number of carbonyl (C=O) groups excluding carboxylic acids is 1. The Bertz CT molecular complexity index is 801. The van der Waals surface area contributed by atoms with Gasteiger partial charge < -0.3 is 4.74 Å². The second-order valence-corrected chi connectivity index (χ2v) is 7.91. The van der Waals surface area contributed by atoms with E-state index in [1.165, 1.54) is 12.1 Å². The van der Waals surface area contributed by atoms with Crippen LogP contribution in [0.3, 0.4) is 0 Å². The fraction of sp³-hybridized carbons (Fsp3) is 0.350. The van der Waals surface area contributed by atoms with Crippen LogP contribution >= 0.6 is 0 Å². The quantitative estimate of drug-likeness (QED) is 0.539. The van der Waals surface area contributed by atoms with E-state index in [-0.39, 0.29) is 17.9 Å². The van der Waals surface area contributed by atoms with E-state index in [9.17, 15) is 13.2 Å². The average molecular weight is 375 g/mol. The first kappa shape index (κ1) is 20.1. The highest BCUT2D eigenvalue weighted by Crippen LogP contribution is 2.13. The zero-order chi connectivity index (χ0) is 19.0. The number of sulfonamides is 1. The third kappa shape index (κ3) is 5.97. The van der Waals surface area contributed by atoms with Gasteiger partial charge in [0.25, 0.3) is 0 Å². The Morgan fingerprint density at radius 3 is 2.35 bits per heavy atom. The second kappa shape index (κ2) is 9.50. The number of benzene rings is 2. The molecule has 0 bridgehead atoms. The van der Waals surface area contributed by atoms with Crippen molar-refractivity contribution >= 4 is 16.0 Å². The molecule has 0 fully saturated rings. The number of rotatable bonds is 9. The smallest absolute Gasteiger partial charge is 0.324 e. The predicted octanol–water partition coefficient (Wildman–Crippen LogP) is 3.23. The molecule has 2 aromatic carbocycles. The Labute approximate surface area is 155 Å². The van der Waals surface area contributed by atoms with E-state index in [4.69, 9.17) is 4.74 Å². The van der Waals surface area contributed by atoms with Gasteiger partial charge in [-0.15, -0.1) is 0 Å². The lowest BCUT2D eigenvalue weighted by Gasteiger charge is -2.18. The van der Waals surface area contributed by atoms with Gasteiger partial charge >= 0.3 is 5.97 Å². The Balaban J connectivity index is 2.19. The molecule has 0 radical (unpaired) electrons. The van der Waals surface area contributed by atoms with Crippen molar-refractivity contribution in [3.05, 3.63) is 65.7 Å². The second-order valence-electron chi connectivity index (χ2n) is 6.20. The summed E-state index contributed by atoms with van der Waals surface area (Å²) in [6.07, 6.45) is 1.87. The number of hydrogen-bond donors (Lipinski definition) is 1. The standard InChI is InChI=1S/C20H25NO4S/c1-3-4-14-25-20(22)19(15-17-8-6-5-7-9-17)21-26(23,24)18-12-10-16(2)11-13-18/h5-13,19,21H,3-4,14-15H2,1-2H3. The van der Waals surface area contributed by atoms with Crippen LogP contribution in [0.25, 0.3) is 0 Å². The number of nitrogens with one attached hydrogen (secondary N) is 1. The molecule has 26 heavy (non-hydrogen) atoms. The van der Waals surface area contributed by atoms with E-state index in [0.29, 0.717) is 0 Å². The Kier molecular flexibility index (Phi) is 7.36. The summed E-state index contributed by atoms with van der Waals surface area (Å²) in [6.45, 7) is 4.16. The first-order valence-electron chi connectivity index (χ1n) is 8.72. The van der Waals surface area contributed by atoms with Gasteiger partial charge in [0.15, 0.2) is 0 Å². The largest absolute Gasteiger partial charge is 0.464 e. The molecule has 1 unspecified atom stereocenters. The zero-order valence-corrected chi connectivity index (χ0v) is 16.0. The summed E-state index contributed by atoms with van der Waals surface area (Å²) in [4.78, 5) is 12.6. The summed E-state index contributed by atoms with van der Waals surface area (Å²) in [5, 5.41) is 0. The van der Waals surface area contributed by atoms with Gasteiger partial charge in [0.2, 0.25) is 10.0 Å². The van der Waals surface area contributed by atoms with Crippen LogP contribution in [0.5, 0.6) is 0 Å². The molecular formula is C20H25NO4S. The van der Waals surface area contributed by atoms with Crippen molar-refractivity contribution in [1.82, 2.24) is 4.72 Å². The molecule has 0 aliphatic heterocycles. The summed E-state index contributed by atoms with van der Waals surface area (Å²) < 4.78 is 33.1. The summed E-state index contributed by atoms with van der Waals surface area (Å²) in [7, 11) is -3.82. The van der Waals surface area contributed by atoms with Crippen LogP contribution in [-0.2, 0) is 26.0 Å². The summed E-state index contributed by atoms with van der Waals surface area (Å²) >= 11 is 0. The first-order valence-corrected chi connectivity index (χ1v) is 10.2. The van der Waals surface area contributed by atoms with Crippen LogP contribution in [0, 0.1) is 6.92 Å². The number of esters is 1. The summed E-state index contributed by atoms with van der Waals surface area (Å²) in [5.74, 6) is -0.557. The normalized spacial score (nSPS) is 12.5. The monoisotopic (exact) mass is 375 g/mol. The van der Waals surface area contributed by atoms with Crippen molar-refractivity contribution in [1.29, 1.82) is 0 Å². The maximum Gasteiger partial charge on any atom is 0.324 e. The number of aryl methyl sites for hydroxylation is 1. The highest BCUT2D eigenvalue weighted by molar-refractivity contribution is 7.89. The molecule has 0 saturated carbocycles. The topological polar surface area (TPSA) is 72.5 Å². The molecule has 0 aliphatic carbocycles. The van der Waals surface area contributed by atoms with Crippen molar-refractivity contribution in [3.8, 4) is 0 Å². The van der Waals surface area contributed by atoms with Gasteiger partial charge in [-0.3, -0.25) is 4.79 Å². The van der Waals surface area contributed by atoms with Crippen molar-refractivity contribution in [2.45, 2.75) is 44.0 Å². The van der Waals surface area contributed by atoms with Crippen LogP contribution in [0.2, 0.25) is 0 Å². The SMILES string of the molecule is CCCCOC(=O)C(Cc1ccccc1)NS(=O)(=O)c1ccc(C)cc1. The Morgan fingerprint density at radius 2 is 1.73 bits per heavy atom. The molecule has 0 heterocycles. The highest BCUT2D eigenvalue weighted by Gasteiger charge is 2.27. The minimum Gasteiger partial charge on any atom is -0.464 e. The molecule has 0 aliphatic rings. The lowest BCUT2D eigenvalue weighted by atomic mass is 10.1. The van der Waals surface area contributed by atoms with E-state index in [1.807, 2.05) is 44.2 Å². The predicted molar refractivity (Wildman–Crippen MR) is 101 cm³/mol. The van der Waals surface area contributed by atoms with Crippen LogP contribution in [0.1, 0.15) is 30.9 Å². The number of ether oxygens (including phenoxy) is 1. The average Bonchev–Trinajstić information content (AvgIpc) is 2.62. The van der Waals surface area contributed by atoms with E-state index in [1.54, 1.807) is 12.1 Å². The molecule has 0 amide bonds. The molecule has 2 aromatic rings. The maximum atomic E-state index is 12.7. The molecule has 2 rings (SSSR count). The zero-order valence-electron chi connectivity index (χ0n) is 15.1. The summed E-state index contributed by atoms with van der Waals surface area (Å²) in [6, 6.07) is 14.8. The van der Waals surface area contributed by atoms with E-state index >= 15 is 0 Å². The molecule has 1 atom stereocenters. The third-order valence-electron chi connectivity index (χ3n) is 3.94. The number of unbranched alkanes of at least 4 members (excludes halogenated alkanes) is 1. The lowest BCUT2D eigenvalue weighted by molar-refractivity contribution is -0.145. The molecule has 6 heteroatoms. The maximum absolute atomic E-state index is 12.7. The van der Waals surface area contributed by atoms with Gasteiger partial charge in [-0.25, -0.2) is 8.42 Å². The van der Waals surface area contributed by atoms with Crippen LogP contribution in [0.15, 0.2) is 59.5 Å². The number of hydrogen-bond acceptors (Lipinski definition) is 4. The molecule has 5 nitrogen and oxygen atoms in total. The first-order chi connectivity index (χ1) is 12.4. The summed E-state index contributed by atoms with van der Waals surface area (Å²) in [5.41, 5.74) is 1.82. The molecule has 0 spiro atoms.